The van der Waals surface area contributed by atoms with Gasteiger partial charge in [-0.05, 0) is 51.4 Å². The summed E-state index contributed by atoms with van der Waals surface area (Å²) in [7, 11) is -4.72. The first-order chi connectivity index (χ1) is 26.1. The average Bonchev–Trinajstić information content (AvgIpc) is 3.14. The van der Waals surface area contributed by atoms with Gasteiger partial charge in [-0.25, -0.2) is 4.57 Å². The van der Waals surface area contributed by atoms with Gasteiger partial charge in [-0.2, -0.15) is 0 Å². The van der Waals surface area contributed by atoms with Gasteiger partial charge in [-0.1, -0.05) is 153 Å². The highest BCUT2D eigenvalue weighted by molar-refractivity contribution is 7.47. The Morgan fingerprint density at radius 2 is 0.981 bits per heavy atom. The number of esters is 2. The third kappa shape index (κ3) is 36.7. The minimum atomic E-state index is -4.72. The molecule has 0 saturated carbocycles. The summed E-state index contributed by atoms with van der Waals surface area (Å²) in [4.78, 5) is 45.9. The van der Waals surface area contributed by atoms with Crippen molar-refractivity contribution in [1.29, 1.82) is 0 Å². The molecule has 0 aliphatic heterocycles. The first-order valence-electron chi connectivity index (χ1n) is 21.0. The molecule has 0 bridgehead atoms. The Kier molecular flexibility index (Phi) is 36.0. The van der Waals surface area contributed by atoms with Crippen LogP contribution in [0.25, 0.3) is 0 Å². The largest absolute Gasteiger partial charge is 0.480 e. The maximum absolute atomic E-state index is 12.6. The van der Waals surface area contributed by atoms with Crippen LogP contribution < -0.4 is 5.73 Å². The molecule has 12 heteroatoms. The Bertz CT molecular complexity index is 1060. The lowest BCUT2D eigenvalue weighted by atomic mass is 10.0. The number of nitrogens with two attached hydrogens (primary N) is 1. The quantitative estimate of drug-likeness (QED) is 0.0234. The minimum absolute atomic E-state index is 0.137. The van der Waals surface area contributed by atoms with Crippen LogP contribution in [0.1, 0.15) is 181 Å². The smallest absolute Gasteiger partial charge is 0.472 e. The number of phosphoric acid groups is 1. The van der Waals surface area contributed by atoms with Crippen molar-refractivity contribution in [3.63, 3.8) is 0 Å². The molecule has 0 aliphatic carbocycles. The van der Waals surface area contributed by atoms with Gasteiger partial charge in [0, 0.05) is 12.8 Å². The normalized spacial score (nSPS) is 14.1. The van der Waals surface area contributed by atoms with Crippen molar-refractivity contribution >= 4 is 25.7 Å². The van der Waals surface area contributed by atoms with E-state index in [0.29, 0.717) is 12.8 Å². The number of aliphatic carboxylic acids is 1. The van der Waals surface area contributed by atoms with Crippen LogP contribution >= 0.6 is 7.82 Å². The first kappa shape index (κ1) is 51.7. The number of carboxylic acids is 1. The van der Waals surface area contributed by atoms with Gasteiger partial charge in [0.25, 0.3) is 0 Å². The van der Waals surface area contributed by atoms with Gasteiger partial charge in [0.15, 0.2) is 6.10 Å². The number of hydrogen-bond donors (Lipinski definition) is 3. The predicted molar refractivity (Wildman–Crippen MR) is 217 cm³/mol. The summed E-state index contributed by atoms with van der Waals surface area (Å²) in [6.07, 6.45) is 39.2. The van der Waals surface area contributed by atoms with E-state index in [1.54, 1.807) is 0 Å². The number of phosphoric ester groups is 1. The minimum Gasteiger partial charge on any atom is -0.480 e. The van der Waals surface area contributed by atoms with Crippen LogP contribution in [-0.2, 0) is 37.5 Å². The van der Waals surface area contributed by atoms with Crippen molar-refractivity contribution in [2.24, 2.45) is 5.73 Å². The molecule has 314 valence electrons. The van der Waals surface area contributed by atoms with Crippen LogP contribution in [0.4, 0.5) is 0 Å². The third-order valence-corrected chi connectivity index (χ3v) is 9.84. The molecule has 0 radical (unpaired) electrons. The van der Waals surface area contributed by atoms with Crippen molar-refractivity contribution < 1.29 is 47.5 Å². The Morgan fingerprint density at radius 1 is 0.574 bits per heavy atom. The summed E-state index contributed by atoms with van der Waals surface area (Å²) in [6.45, 7) is 2.75. The highest BCUT2D eigenvalue weighted by Crippen LogP contribution is 2.43. The Balaban J connectivity index is 4.43. The van der Waals surface area contributed by atoms with Gasteiger partial charge < -0.3 is 25.2 Å². The Labute approximate surface area is 327 Å². The maximum Gasteiger partial charge on any atom is 0.472 e. The van der Waals surface area contributed by atoms with E-state index < -0.39 is 51.1 Å². The van der Waals surface area contributed by atoms with Gasteiger partial charge in [0.1, 0.15) is 12.6 Å². The number of carbonyl (C=O) groups excluding carboxylic acids is 2. The SMILES string of the molecule is CCCCC/C=C\C/C=C\C/C=C\CCCCCCC(=O)O[C@H](COC(=O)CCCCCCCCCCCCCCC)COP(=O)(O)OC[C@H](N)C(=O)O. The van der Waals surface area contributed by atoms with Gasteiger partial charge >= 0.3 is 25.7 Å². The van der Waals surface area contributed by atoms with Crippen molar-refractivity contribution in [2.75, 3.05) is 19.8 Å². The molecule has 0 spiro atoms. The fourth-order valence-corrected chi connectivity index (χ4v) is 6.32. The molecule has 0 amide bonds. The fraction of sp³-hybridized carbons (Fsp3) is 0.786. The second-order valence-electron chi connectivity index (χ2n) is 14.1. The monoisotopic (exact) mass is 786 g/mol. The van der Waals surface area contributed by atoms with Gasteiger partial charge in [0.2, 0.25) is 0 Å². The molecule has 0 aromatic rings. The summed E-state index contributed by atoms with van der Waals surface area (Å²) in [5.41, 5.74) is 5.32. The van der Waals surface area contributed by atoms with Gasteiger partial charge in [-0.15, -0.1) is 0 Å². The molecule has 3 atom stereocenters. The topological polar surface area (TPSA) is 172 Å². The van der Waals surface area contributed by atoms with Crippen molar-refractivity contribution in [3.05, 3.63) is 36.5 Å². The number of rotatable bonds is 39. The summed E-state index contributed by atoms with van der Waals surface area (Å²) in [6, 6.07) is -1.52. The van der Waals surface area contributed by atoms with E-state index in [2.05, 4.69) is 54.8 Å². The summed E-state index contributed by atoms with van der Waals surface area (Å²) >= 11 is 0. The molecule has 0 fully saturated rings. The van der Waals surface area contributed by atoms with Crippen molar-refractivity contribution in [2.45, 2.75) is 193 Å². The molecule has 0 aromatic carbocycles. The number of hydrogen-bond acceptors (Lipinski definition) is 9. The van der Waals surface area contributed by atoms with Crippen LogP contribution in [0.2, 0.25) is 0 Å². The van der Waals surface area contributed by atoms with Crippen LogP contribution in [0.3, 0.4) is 0 Å². The molecule has 11 nitrogen and oxygen atoms in total. The molecular weight excluding hydrogens is 709 g/mol. The zero-order chi connectivity index (χ0) is 40.0. The first-order valence-corrected chi connectivity index (χ1v) is 22.5. The number of unbranched alkanes of at least 4 members (excludes halogenated alkanes) is 19. The number of carboxylic acid groups (broad SMARTS) is 1. The van der Waals surface area contributed by atoms with E-state index in [0.717, 1.165) is 64.2 Å². The Hall–Kier alpha value is -2.30. The van der Waals surface area contributed by atoms with E-state index >= 15 is 0 Å². The van der Waals surface area contributed by atoms with Crippen LogP contribution in [-0.4, -0.2) is 59.9 Å². The lowest BCUT2D eigenvalue weighted by molar-refractivity contribution is -0.161. The van der Waals surface area contributed by atoms with Crippen LogP contribution in [0.5, 0.6) is 0 Å². The van der Waals surface area contributed by atoms with E-state index in [1.807, 2.05) is 0 Å². The standard InChI is InChI=1S/C42H76NO10P/c1-3-5-7-9-11-13-15-17-18-19-20-22-24-26-28-30-32-34-41(45)53-38(36-51-54(48,49)52-37-39(43)42(46)47)35-50-40(44)33-31-29-27-25-23-21-16-14-12-10-8-6-4-2/h11,13,17-18,20,22,38-39H,3-10,12,14-16,19,21,23-37,43H2,1-2H3,(H,46,47)(H,48,49)/b13-11-,18-17-,22-20-/t38-,39+/m1/s1. The molecule has 1 unspecified atom stereocenters. The van der Waals surface area contributed by atoms with Gasteiger partial charge in [-0.3, -0.25) is 23.4 Å². The number of allylic oxidation sites excluding steroid dienone is 6. The van der Waals surface area contributed by atoms with Crippen LogP contribution in [0, 0.1) is 0 Å². The molecular formula is C42H76NO10P. The third-order valence-electron chi connectivity index (χ3n) is 8.89. The zero-order valence-corrected chi connectivity index (χ0v) is 34.7. The van der Waals surface area contributed by atoms with E-state index in [-0.39, 0.29) is 19.4 Å². The number of ether oxygens (including phenoxy) is 2. The second kappa shape index (κ2) is 37.6. The summed E-state index contributed by atoms with van der Waals surface area (Å²) < 4.78 is 32.6. The molecule has 0 heterocycles. The molecule has 0 aliphatic rings. The fourth-order valence-electron chi connectivity index (χ4n) is 5.54. The van der Waals surface area contributed by atoms with E-state index in [4.69, 9.17) is 24.8 Å². The predicted octanol–water partition coefficient (Wildman–Crippen LogP) is 10.8. The second-order valence-corrected chi connectivity index (χ2v) is 15.6. The molecule has 0 aromatic heterocycles. The highest BCUT2D eigenvalue weighted by atomic mass is 31.2. The Morgan fingerprint density at radius 3 is 1.50 bits per heavy atom. The lowest BCUT2D eigenvalue weighted by Gasteiger charge is -2.20. The zero-order valence-electron chi connectivity index (χ0n) is 33.8. The summed E-state index contributed by atoms with van der Waals surface area (Å²) in [5.74, 6) is -2.40. The molecule has 0 saturated heterocycles. The average molecular weight is 786 g/mol. The number of carbonyl (C=O) groups is 3. The van der Waals surface area contributed by atoms with E-state index in [9.17, 15) is 23.8 Å². The van der Waals surface area contributed by atoms with Crippen molar-refractivity contribution in [3.8, 4) is 0 Å². The van der Waals surface area contributed by atoms with Crippen LogP contribution in [0.15, 0.2) is 36.5 Å². The summed E-state index contributed by atoms with van der Waals surface area (Å²) in [5, 5.41) is 8.88. The highest BCUT2D eigenvalue weighted by Gasteiger charge is 2.28. The maximum atomic E-state index is 12.6. The van der Waals surface area contributed by atoms with Gasteiger partial charge in [0.05, 0.1) is 13.2 Å². The van der Waals surface area contributed by atoms with E-state index in [1.165, 1.54) is 77.0 Å². The van der Waals surface area contributed by atoms with Crippen molar-refractivity contribution in [1.82, 2.24) is 0 Å². The molecule has 4 N–H and O–H groups in total. The molecule has 0 rings (SSSR count). The lowest BCUT2D eigenvalue weighted by Crippen LogP contribution is -2.34. The molecule has 54 heavy (non-hydrogen) atoms.